The third kappa shape index (κ3) is 1.44. The SMILES string of the molecule is CC(CN)(CO)c1ccoc1. The molecule has 3 N–H and O–H groups in total. The predicted octanol–water partition coefficient (Wildman–Crippen LogP) is 0.488. The number of furan rings is 1. The maximum Gasteiger partial charge on any atom is 0.0941 e. The molecule has 0 fully saturated rings. The molecular formula is C8H13NO2. The molecule has 62 valence electrons. The summed E-state index contributed by atoms with van der Waals surface area (Å²) in [5.41, 5.74) is 6.10. The Morgan fingerprint density at radius 3 is 2.82 bits per heavy atom. The standard InChI is InChI=1S/C8H13NO2/c1-8(5-9,6-10)7-2-3-11-4-7/h2-4,10H,5-6,9H2,1H3. The van der Waals surface area contributed by atoms with Gasteiger partial charge in [-0.3, -0.25) is 0 Å². The third-order valence-corrected chi connectivity index (χ3v) is 2.02. The molecule has 0 bridgehead atoms. The summed E-state index contributed by atoms with van der Waals surface area (Å²) in [5, 5.41) is 9.04. The summed E-state index contributed by atoms with van der Waals surface area (Å²) in [6, 6.07) is 1.82. The van der Waals surface area contributed by atoms with Crippen LogP contribution in [0.15, 0.2) is 23.0 Å². The maximum absolute atomic E-state index is 9.04. The van der Waals surface area contributed by atoms with E-state index in [1.807, 2.05) is 13.0 Å². The van der Waals surface area contributed by atoms with Crippen molar-refractivity contribution in [3.63, 3.8) is 0 Å². The smallest absolute Gasteiger partial charge is 0.0941 e. The van der Waals surface area contributed by atoms with Crippen molar-refractivity contribution in [1.29, 1.82) is 0 Å². The van der Waals surface area contributed by atoms with Crippen molar-refractivity contribution in [3.8, 4) is 0 Å². The lowest BCUT2D eigenvalue weighted by molar-refractivity contribution is 0.209. The van der Waals surface area contributed by atoms with Crippen LogP contribution in [-0.4, -0.2) is 18.3 Å². The number of aliphatic hydroxyl groups excluding tert-OH is 1. The van der Waals surface area contributed by atoms with Crippen molar-refractivity contribution < 1.29 is 9.52 Å². The molecular weight excluding hydrogens is 142 g/mol. The van der Waals surface area contributed by atoms with Crippen LogP contribution in [0, 0.1) is 0 Å². The molecule has 0 saturated carbocycles. The van der Waals surface area contributed by atoms with E-state index in [9.17, 15) is 0 Å². The predicted molar refractivity (Wildman–Crippen MR) is 42.2 cm³/mol. The second kappa shape index (κ2) is 3.07. The summed E-state index contributed by atoms with van der Waals surface area (Å²) >= 11 is 0. The molecule has 1 unspecified atom stereocenters. The van der Waals surface area contributed by atoms with Gasteiger partial charge in [0.15, 0.2) is 0 Å². The number of hydrogen-bond acceptors (Lipinski definition) is 3. The van der Waals surface area contributed by atoms with E-state index in [1.54, 1.807) is 12.5 Å². The van der Waals surface area contributed by atoms with Crippen LogP contribution in [0.5, 0.6) is 0 Å². The van der Waals surface area contributed by atoms with Gasteiger partial charge in [0.2, 0.25) is 0 Å². The number of rotatable bonds is 3. The summed E-state index contributed by atoms with van der Waals surface area (Å²) in [7, 11) is 0. The van der Waals surface area contributed by atoms with Crippen molar-refractivity contribution in [1.82, 2.24) is 0 Å². The quantitative estimate of drug-likeness (QED) is 0.667. The molecule has 0 aliphatic heterocycles. The van der Waals surface area contributed by atoms with Crippen LogP contribution in [0.3, 0.4) is 0 Å². The normalized spacial score (nSPS) is 16.3. The topological polar surface area (TPSA) is 59.4 Å². The Kier molecular flexibility index (Phi) is 2.31. The minimum atomic E-state index is -0.354. The Labute approximate surface area is 65.8 Å². The van der Waals surface area contributed by atoms with Gasteiger partial charge in [-0.25, -0.2) is 0 Å². The Bertz CT molecular complexity index is 202. The van der Waals surface area contributed by atoms with Crippen molar-refractivity contribution in [2.45, 2.75) is 12.3 Å². The van der Waals surface area contributed by atoms with Crippen LogP contribution in [0.25, 0.3) is 0 Å². The minimum Gasteiger partial charge on any atom is -0.472 e. The van der Waals surface area contributed by atoms with Crippen LogP contribution in [0.1, 0.15) is 12.5 Å². The van der Waals surface area contributed by atoms with Gasteiger partial charge in [0.25, 0.3) is 0 Å². The molecule has 1 rings (SSSR count). The Morgan fingerprint density at radius 1 is 1.73 bits per heavy atom. The highest BCUT2D eigenvalue weighted by atomic mass is 16.3. The summed E-state index contributed by atoms with van der Waals surface area (Å²) in [6.07, 6.45) is 3.20. The van der Waals surface area contributed by atoms with Gasteiger partial charge in [-0.05, 0) is 11.6 Å². The molecule has 0 saturated heterocycles. The molecule has 1 aromatic heterocycles. The van der Waals surface area contributed by atoms with Crippen LogP contribution in [0.2, 0.25) is 0 Å². The first-order chi connectivity index (χ1) is 5.23. The van der Waals surface area contributed by atoms with Gasteiger partial charge in [-0.1, -0.05) is 6.92 Å². The zero-order valence-corrected chi connectivity index (χ0v) is 6.58. The van der Waals surface area contributed by atoms with Crippen molar-refractivity contribution in [2.24, 2.45) is 5.73 Å². The Morgan fingerprint density at radius 2 is 2.45 bits per heavy atom. The van der Waals surface area contributed by atoms with E-state index in [4.69, 9.17) is 15.3 Å². The van der Waals surface area contributed by atoms with Gasteiger partial charge in [0, 0.05) is 12.0 Å². The van der Waals surface area contributed by atoms with Gasteiger partial charge >= 0.3 is 0 Å². The highest BCUT2D eigenvalue weighted by molar-refractivity contribution is 5.19. The monoisotopic (exact) mass is 155 g/mol. The van der Waals surface area contributed by atoms with E-state index in [1.165, 1.54) is 0 Å². The first-order valence-corrected chi connectivity index (χ1v) is 3.56. The molecule has 11 heavy (non-hydrogen) atoms. The first kappa shape index (κ1) is 8.30. The largest absolute Gasteiger partial charge is 0.472 e. The molecule has 3 nitrogen and oxygen atoms in total. The van der Waals surface area contributed by atoms with Crippen LogP contribution in [0.4, 0.5) is 0 Å². The zero-order valence-electron chi connectivity index (χ0n) is 6.58. The van der Waals surface area contributed by atoms with Crippen molar-refractivity contribution in [3.05, 3.63) is 24.2 Å². The fraction of sp³-hybridized carbons (Fsp3) is 0.500. The van der Waals surface area contributed by atoms with Crippen LogP contribution >= 0.6 is 0 Å². The molecule has 1 aromatic rings. The fourth-order valence-corrected chi connectivity index (χ4v) is 0.882. The third-order valence-electron chi connectivity index (χ3n) is 2.02. The average molecular weight is 155 g/mol. The van der Waals surface area contributed by atoms with Gasteiger partial charge in [0.1, 0.15) is 0 Å². The molecule has 0 aliphatic carbocycles. The van der Waals surface area contributed by atoms with Gasteiger partial charge < -0.3 is 15.3 Å². The Balaban J connectivity index is 2.87. The van der Waals surface area contributed by atoms with Crippen LogP contribution < -0.4 is 5.73 Å². The molecule has 0 aliphatic rings. The lowest BCUT2D eigenvalue weighted by atomic mass is 9.85. The van der Waals surface area contributed by atoms with Crippen LogP contribution in [-0.2, 0) is 5.41 Å². The summed E-state index contributed by atoms with van der Waals surface area (Å²) in [4.78, 5) is 0. The van der Waals surface area contributed by atoms with E-state index in [-0.39, 0.29) is 12.0 Å². The maximum atomic E-state index is 9.04. The second-order valence-corrected chi connectivity index (χ2v) is 2.93. The molecule has 0 radical (unpaired) electrons. The molecule has 1 heterocycles. The second-order valence-electron chi connectivity index (χ2n) is 2.93. The zero-order chi connectivity index (χ0) is 8.32. The van der Waals surface area contributed by atoms with E-state index in [2.05, 4.69) is 0 Å². The highest BCUT2D eigenvalue weighted by Gasteiger charge is 2.24. The summed E-state index contributed by atoms with van der Waals surface area (Å²) in [5.74, 6) is 0. The van der Waals surface area contributed by atoms with E-state index in [0.29, 0.717) is 6.54 Å². The summed E-state index contributed by atoms with van der Waals surface area (Å²) < 4.78 is 4.90. The Hall–Kier alpha value is -0.800. The lowest BCUT2D eigenvalue weighted by Crippen LogP contribution is -2.35. The molecule has 0 amide bonds. The molecule has 1 atom stereocenters. The number of hydrogen-bond donors (Lipinski definition) is 2. The summed E-state index contributed by atoms with van der Waals surface area (Å²) in [6.45, 7) is 2.37. The van der Waals surface area contributed by atoms with E-state index >= 15 is 0 Å². The van der Waals surface area contributed by atoms with Crippen molar-refractivity contribution >= 4 is 0 Å². The fourth-order valence-electron chi connectivity index (χ4n) is 0.882. The van der Waals surface area contributed by atoms with Crippen molar-refractivity contribution in [2.75, 3.05) is 13.2 Å². The van der Waals surface area contributed by atoms with Gasteiger partial charge in [-0.15, -0.1) is 0 Å². The minimum absolute atomic E-state index is 0.0447. The number of nitrogens with two attached hydrogens (primary N) is 1. The number of aliphatic hydroxyl groups is 1. The highest BCUT2D eigenvalue weighted by Crippen LogP contribution is 2.21. The molecule has 0 aromatic carbocycles. The van der Waals surface area contributed by atoms with Gasteiger partial charge in [-0.2, -0.15) is 0 Å². The molecule has 3 heteroatoms. The van der Waals surface area contributed by atoms with E-state index < -0.39 is 0 Å². The first-order valence-electron chi connectivity index (χ1n) is 3.56. The lowest BCUT2D eigenvalue weighted by Gasteiger charge is -2.23. The molecule has 0 spiro atoms. The average Bonchev–Trinajstić information content (AvgIpc) is 2.55. The van der Waals surface area contributed by atoms with Gasteiger partial charge in [0.05, 0.1) is 19.1 Å². The van der Waals surface area contributed by atoms with E-state index in [0.717, 1.165) is 5.56 Å².